The molecule has 5 nitrogen and oxygen atoms in total. The highest BCUT2D eigenvalue weighted by Crippen LogP contribution is 2.25. The molecule has 0 radical (unpaired) electrons. The van der Waals surface area contributed by atoms with E-state index in [4.69, 9.17) is 4.74 Å². The van der Waals surface area contributed by atoms with Gasteiger partial charge in [-0.15, -0.1) is 0 Å². The van der Waals surface area contributed by atoms with E-state index in [9.17, 15) is 9.90 Å². The summed E-state index contributed by atoms with van der Waals surface area (Å²) in [4.78, 5) is 12.0. The number of nitrogens with zero attached hydrogens (tertiary/aromatic N) is 1. The van der Waals surface area contributed by atoms with Crippen molar-refractivity contribution in [3.8, 4) is 11.5 Å². The van der Waals surface area contributed by atoms with E-state index in [1.807, 2.05) is 32.0 Å². The molecule has 0 unspecified atom stereocenters. The van der Waals surface area contributed by atoms with Gasteiger partial charge in [0.1, 0.15) is 0 Å². The zero-order valence-electron chi connectivity index (χ0n) is 13.5. The second-order valence-electron chi connectivity index (χ2n) is 5.33. The van der Waals surface area contributed by atoms with Crippen LogP contribution in [0.1, 0.15) is 22.3 Å². The first kappa shape index (κ1) is 16.5. The monoisotopic (exact) mass is 312 g/mol. The number of amides is 1. The maximum Gasteiger partial charge on any atom is 0.244 e. The molecule has 0 aliphatic rings. The maximum atomic E-state index is 12.0. The third-order valence-corrected chi connectivity index (χ3v) is 3.46. The number of rotatable bonds is 5. The van der Waals surface area contributed by atoms with Gasteiger partial charge in [-0.25, -0.2) is 5.43 Å². The largest absolute Gasteiger partial charge is 0.504 e. The number of carbonyl (C=O) groups is 1. The number of carbonyl (C=O) groups excluding carboxylic acids is 1. The van der Waals surface area contributed by atoms with Crippen LogP contribution in [0.3, 0.4) is 0 Å². The van der Waals surface area contributed by atoms with Gasteiger partial charge in [0.15, 0.2) is 11.5 Å². The Kier molecular flexibility index (Phi) is 5.36. The highest BCUT2D eigenvalue weighted by atomic mass is 16.5. The fraction of sp³-hybridized carbons (Fsp3) is 0.222. The molecule has 2 aromatic rings. The van der Waals surface area contributed by atoms with E-state index in [0.717, 1.165) is 16.7 Å². The summed E-state index contributed by atoms with van der Waals surface area (Å²) in [5, 5.41) is 13.5. The third-order valence-electron chi connectivity index (χ3n) is 3.46. The number of hydrazone groups is 1. The first-order valence-corrected chi connectivity index (χ1v) is 7.24. The molecule has 0 fully saturated rings. The minimum atomic E-state index is -0.180. The summed E-state index contributed by atoms with van der Waals surface area (Å²) >= 11 is 0. The molecule has 0 bridgehead atoms. The van der Waals surface area contributed by atoms with Crippen LogP contribution in [0.2, 0.25) is 0 Å². The lowest BCUT2D eigenvalue weighted by Gasteiger charge is -2.06. The topological polar surface area (TPSA) is 70.9 Å². The molecule has 0 aliphatic carbocycles. The summed E-state index contributed by atoms with van der Waals surface area (Å²) in [5.41, 5.74) is 6.41. The Balaban J connectivity index is 1.97. The van der Waals surface area contributed by atoms with Gasteiger partial charge in [0.05, 0.1) is 19.7 Å². The lowest BCUT2D eigenvalue weighted by atomic mass is 10.0. The summed E-state index contributed by atoms with van der Waals surface area (Å²) in [6, 6.07) is 10.9. The van der Waals surface area contributed by atoms with E-state index in [1.54, 1.807) is 12.1 Å². The minimum absolute atomic E-state index is 0.0589. The number of phenols is 1. The number of hydrogen-bond donors (Lipinski definition) is 2. The average Bonchev–Trinajstić information content (AvgIpc) is 2.52. The molecule has 2 N–H and O–H groups in total. The highest BCUT2D eigenvalue weighted by molar-refractivity contribution is 5.84. The molecule has 0 heterocycles. The van der Waals surface area contributed by atoms with Crippen LogP contribution in [0.25, 0.3) is 0 Å². The number of aromatic hydroxyl groups is 1. The maximum absolute atomic E-state index is 12.0. The summed E-state index contributed by atoms with van der Waals surface area (Å²) in [6.45, 7) is 3.98. The molecule has 1 amide bonds. The highest BCUT2D eigenvalue weighted by Gasteiger charge is 2.05. The molecule has 2 aromatic carbocycles. The van der Waals surface area contributed by atoms with Crippen molar-refractivity contribution >= 4 is 12.1 Å². The molecule has 0 atom stereocenters. The van der Waals surface area contributed by atoms with E-state index in [-0.39, 0.29) is 18.1 Å². The van der Waals surface area contributed by atoms with E-state index < -0.39 is 0 Å². The van der Waals surface area contributed by atoms with Crippen molar-refractivity contribution in [1.82, 2.24) is 5.43 Å². The fourth-order valence-corrected chi connectivity index (χ4v) is 2.16. The van der Waals surface area contributed by atoms with Gasteiger partial charge in [-0.3, -0.25) is 4.79 Å². The van der Waals surface area contributed by atoms with Gasteiger partial charge in [0.2, 0.25) is 5.91 Å². The first-order valence-electron chi connectivity index (χ1n) is 7.24. The summed E-state index contributed by atoms with van der Waals surface area (Å²) in [5.74, 6) is 0.236. The molecule has 0 aliphatic heterocycles. The van der Waals surface area contributed by atoms with Gasteiger partial charge < -0.3 is 9.84 Å². The molecule has 0 aromatic heterocycles. The van der Waals surface area contributed by atoms with Crippen molar-refractivity contribution in [2.75, 3.05) is 7.11 Å². The van der Waals surface area contributed by atoms with Gasteiger partial charge in [0.25, 0.3) is 0 Å². The molecule has 0 saturated heterocycles. The number of methoxy groups -OCH3 is 1. The van der Waals surface area contributed by atoms with Crippen molar-refractivity contribution in [1.29, 1.82) is 0 Å². The van der Waals surface area contributed by atoms with Crippen LogP contribution in [-0.4, -0.2) is 24.3 Å². The van der Waals surface area contributed by atoms with Crippen LogP contribution in [0.15, 0.2) is 41.5 Å². The zero-order chi connectivity index (χ0) is 16.8. The normalized spacial score (nSPS) is 10.7. The van der Waals surface area contributed by atoms with Crippen LogP contribution < -0.4 is 10.2 Å². The Morgan fingerprint density at radius 1 is 1.26 bits per heavy atom. The predicted molar refractivity (Wildman–Crippen MR) is 90.0 cm³/mol. The van der Waals surface area contributed by atoms with Gasteiger partial charge in [0, 0.05) is 0 Å². The third kappa shape index (κ3) is 4.57. The lowest BCUT2D eigenvalue weighted by molar-refractivity contribution is -0.120. The second kappa shape index (κ2) is 7.45. The van der Waals surface area contributed by atoms with Crippen LogP contribution in [0.5, 0.6) is 11.5 Å². The number of ether oxygens (including phenoxy) is 1. The molecular weight excluding hydrogens is 292 g/mol. The first-order chi connectivity index (χ1) is 11.0. The van der Waals surface area contributed by atoms with Gasteiger partial charge in [-0.05, 0) is 48.7 Å². The molecule has 120 valence electrons. The van der Waals surface area contributed by atoms with Crippen molar-refractivity contribution in [2.24, 2.45) is 5.10 Å². The zero-order valence-corrected chi connectivity index (χ0v) is 13.5. The van der Waals surface area contributed by atoms with E-state index >= 15 is 0 Å². The Bertz CT molecular complexity index is 739. The van der Waals surface area contributed by atoms with Gasteiger partial charge in [-0.1, -0.05) is 23.8 Å². The van der Waals surface area contributed by atoms with E-state index in [0.29, 0.717) is 11.3 Å². The molecule has 23 heavy (non-hydrogen) atoms. The molecule has 5 heteroatoms. The fourth-order valence-electron chi connectivity index (χ4n) is 2.16. The summed E-state index contributed by atoms with van der Waals surface area (Å²) in [7, 11) is 1.47. The minimum Gasteiger partial charge on any atom is -0.504 e. The van der Waals surface area contributed by atoms with Crippen molar-refractivity contribution in [3.63, 3.8) is 0 Å². The molecule has 0 saturated carbocycles. The molecular formula is C18H20N2O3. The van der Waals surface area contributed by atoms with Gasteiger partial charge >= 0.3 is 0 Å². The number of hydrogen-bond acceptors (Lipinski definition) is 4. The summed E-state index contributed by atoms with van der Waals surface area (Å²) < 4.78 is 5.02. The average molecular weight is 312 g/mol. The van der Waals surface area contributed by atoms with Crippen LogP contribution in [0, 0.1) is 13.8 Å². The number of phenolic OH excluding ortho intramolecular Hbond substituents is 1. The number of nitrogens with one attached hydrogen (secondary N) is 1. The van der Waals surface area contributed by atoms with E-state index in [1.165, 1.54) is 19.4 Å². The van der Waals surface area contributed by atoms with Crippen molar-refractivity contribution in [3.05, 3.63) is 58.7 Å². The number of benzene rings is 2. The second-order valence-corrected chi connectivity index (χ2v) is 5.33. The summed E-state index contributed by atoms with van der Waals surface area (Å²) in [6.07, 6.45) is 1.78. The van der Waals surface area contributed by atoms with Gasteiger partial charge in [-0.2, -0.15) is 5.10 Å². The predicted octanol–water partition coefficient (Wildman–Crippen LogP) is 2.71. The SMILES string of the molecule is COc1cc(/C=N/NC(=O)Cc2cc(C)ccc2C)ccc1O. The quantitative estimate of drug-likeness (QED) is 0.659. The molecule has 0 spiro atoms. The van der Waals surface area contributed by atoms with Crippen molar-refractivity contribution < 1.29 is 14.6 Å². The lowest BCUT2D eigenvalue weighted by Crippen LogP contribution is -2.20. The van der Waals surface area contributed by atoms with E-state index in [2.05, 4.69) is 10.5 Å². The Labute approximate surface area is 135 Å². The van der Waals surface area contributed by atoms with Crippen LogP contribution in [-0.2, 0) is 11.2 Å². The number of aryl methyl sites for hydroxylation is 2. The standard InChI is InChI=1S/C18H20N2O3/c1-12-4-5-13(2)15(8-12)10-18(22)20-19-11-14-6-7-16(21)17(9-14)23-3/h4-9,11,21H,10H2,1-3H3,(H,20,22)/b19-11+. The van der Waals surface area contributed by atoms with Crippen LogP contribution >= 0.6 is 0 Å². The molecule has 2 rings (SSSR count). The Hall–Kier alpha value is -2.82. The Morgan fingerprint density at radius 2 is 2.04 bits per heavy atom. The van der Waals surface area contributed by atoms with Crippen molar-refractivity contribution in [2.45, 2.75) is 20.3 Å². The van der Waals surface area contributed by atoms with Crippen LogP contribution in [0.4, 0.5) is 0 Å². The Morgan fingerprint density at radius 3 is 2.78 bits per heavy atom. The smallest absolute Gasteiger partial charge is 0.244 e.